The predicted molar refractivity (Wildman–Crippen MR) is 61.6 cm³/mol. The first-order valence-corrected chi connectivity index (χ1v) is 5.39. The monoisotopic (exact) mass is 220 g/mol. The van der Waals surface area contributed by atoms with Gasteiger partial charge in [0.25, 0.3) is 0 Å². The summed E-state index contributed by atoms with van der Waals surface area (Å²) in [6, 6.07) is 7.05. The van der Waals surface area contributed by atoms with E-state index < -0.39 is 6.10 Å². The molecule has 0 saturated carbocycles. The van der Waals surface area contributed by atoms with Gasteiger partial charge in [0.05, 0.1) is 12.1 Å². The highest BCUT2D eigenvalue weighted by atomic mass is 16.3. The number of piperidine rings is 1. The quantitative estimate of drug-likeness (QED) is 0.692. The number of nitrogen functional groups attached to an aromatic ring is 1. The van der Waals surface area contributed by atoms with Crippen LogP contribution >= 0.6 is 0 Å². The standard InChI is InChI=1S/C12H16N2O2/c1-14-11(16)6-5-10(15)12(14)8-3-2-4-9(13)7-8/h2-4,7,10,12,15H,5-6,13H2,1H3. The van der Waals surface area contributed by atoms with E-state index >= 15 is 0 Å². The molecule has 2 unspecified atom stereocenters. The van der Waals surface area contributed by atoms with Crippen LogP contribution in [0, 0.1) is 0 Å². The van der Waals surface area contributed by atoms with Gasteiger partial charge in [-0.25, -0.2) is 0 Å². The minimum atomic E-state index is -0.510. The summed E-state index contributed by atoms with van der Waals surface area (Å²) in [6.45, 7) is 0. The molecule has 1 fully saturated rings. The molecule has 1 aromatic carbocycles. The Hall–Kier alpha value is -1.55. The minimum absolute atomic E-state index is 0.0673. The molecule has 0 radical (unpaired) electrons. The number of nitrogens with zero attached hydrogens (tertiary/aromatic N) is 1. The van der Waals surface area contributed by atoms with Gasteiger partial charge in [0.2, 0.25) is 5.91 Å². The zero-order chi connectivity index (χ0) is 11.7. The molecule has 1 saturated heterocycles. The Labute approximate surface area is 94.7 Å². The zero-order valence-corrected chi connectivity index (χ0v) is 9.26. The SMILES string of the molecule is CN1C(=O)CCC(O)C1c1cccc(N)c1. The van der Waals surface area contributed by atoms with Crippen LogP contribution in [0.2, 0.25) is 0 Å². The van der Waals surface area contributed by atoms with Gasteiger partial charge in [0.15, 0.2) is 0 Å². The topological polar surface area (TPSA) is 66.6 Å². The van der Waals surface area contributed by atoms with E-state index in [1.54, 1.807) is 18.0 Å². The summed E-state index contributed by atoms with van der Waals surface area (Å²) in [7, 11) is 1.72. The molecule has 1 heterocycles. The Bertz CT molecular complexity index is 406. The lowest BCUT2D eigenvalue weighted by molar-refractivity contribution is -0.140. The molecule has 1 amide bonds. The number of likely N-dealkylation sites (N-methyl/N-ethyl adjacent to an activating group) is 1. The Morgan fingerprint density at radius 3 is 2.94 bits per heavy atom. The number of hydrogen-bond acceptors (Lipinski definition) is 3. The number of nitrogens with two attached hydrogens (primary N) is 1. The fourth-order valence-corrected chi connectivity index (χ4v) is 2.21. The van der Waals surface area contributed by atoms with Gasteiger partial charge in [0, 0.05) is 19.2 Å². The van der Waals surface area contributed by atoms with E-state index in [0.29, 0.717) is 18.5 Å². The second-order valence-electron chi connectivity index (χ2n) is 4.23. The number of rotatable bonds is 1. The van der Waals surface area contributed by atoms with Crippen molar-refractivity contribution in [2.75, 3.05) is 12.8 Å². The van der Waals surface area contributed by atoms with Crippen molar-refractivity contribution in [3.63, 3.8) is 0 Å². The highest BCUT2D eigenvalue weighted by molar-refractivity contribution is 5.77. The number of carbonyl (C=O) groups excluding carboxylic acids is 1. The molecule has 0 spiro atoms. The van der Waals surface area contributed by atoms with Gasteiger partial charge in [-0.3, -0.25) is 4.79 Å². The molecule has 2 rings (SSSR count). The Kier molecular flexibility index (Phi) is 2.83. The lowest BCUT2D eigenvalue weighted by atomic mass is 9.92. The Morgan fingerprint density at radius 2 is 2.25 bits per heavy atom. The lowest BCUT2D eigenvalue weighted by Gasteiger charge is -2.36. The number of benzene rings is 1. The van der Waals surface area contributed by atoms with Crippen molar-refractivity contribution in [1.82, 2.24) is 4.90 Å². The molecular weight excluding hydrogens is 204 g/mol. The van der Waals surface area contributed by atoms with Crippen LogP contribution in [0.1, 0.15) is 24.4 Å². The molecule has 4 heteroatoms. The van der Waals surface area contributed by atoms with Gasteiger partial charge in [-0.05, 0) is 24.1 Å². The van der Waals surface area contributed by atoms with Crippen LogP contribution in [0.15, 0.2) is 24.3 Å². The van der Waals surface area contributed by atoms with Crippen molar-refractivity contribution in [3.8, 4) is 0 Å². The average Bonchev–Trinajstić information content (AvgIpc) is 2.24. The summed E-state index contributed by atoms with van der Waals surface area (Å²) in [4.78, 5) is 13.2. The molecule has 16 heavy (non-hydrogen) atoms. The first-order chi connectivity index (χ1) is 7.59. The molecule has 1 aliphatic rings. The fourth-order valence-electron chi connectivity index (χ4n) is 2.21. The van der Waals surface area contributed by atoms with Gasteiger partial charge in [0.1, 0.15) is 0 Å². The lowest BCUT2D eigenvalue weighted by Crippen LogP contribution is -2.42. The Morgan fingerprint density at radius 1 is 1.50 bits per heavy atom. The maximum Gasteiger partial charge on any atom is 0.223 e. The van der Waals surface area contributed by atoms with Gasteiger partial charge >= 0.3 is 0 Å². The minimum Gasteiger partial charge on any atom is -0.399 e. The predicted octanol–water partition coefficient (Wildman–Crippen LogP) is 0.923. The van der Waals surface area contributed by atoms with Crippen molar-refractivity contribution >= 4 is 11.6 Å². The normalized spacial score (nSPS) is 25.9. The van der Waals surface area contributed by atoms with Crippen molar-refractivity contribution in [1.29, 1.82) is 0 Å². The van der Waals surface area contributed by atoms with E-state index in [1.165, 1.54) is 0 Å². The second kappa shape index (κ2) is 4.14. The second-order valence-corrected chi connectivity index (χ2v) is 4.23. The van der Waals surface area contributed by atoms with Crippen LogP contribution < -0.4 is 5.73 Å². The van der Waals surface area contributed by atoms with Crippen molar-refractivity contribution in [2.24, 2.45) is 0 Å². The van der Waals surface area contributed by atoms with Crippen LogP contribution in [0.5, 0.6) is 0 Å². The molecule has 0 aliphatic carbocycles. The molecule has 1 aromatic rings. The number of aliphatic hydroxyl groups excluding tert-OH is 1. The number of aliphatic hydroxyl groups is 1. The van der Waals surface area contributed by atoms with Gasteiger partial charge < -0.3 is 15.7 Å². The van der Waals surface area contributed by atoms with Gasteiger partial charge in [-0.2, -0.15) is 0 Å². The molecule has 3 N–H and O–H groups in total. The van der Waals surface area contributed by atoms with Crippen LogP contribution in [-0.4, -0.2) is 29.1 Å². The first-order valence-electron chi connectivity index (χ1n) is 5.39. The number of carbonyl (C=O) groups is 1. The van der Waals surface area contributed by atoms with E-state index in [1.807, 2.05) is 18.2 Å². The number of likely N-dealkylation sites (tertiary alicyclic amines) is 1. The summed E-state index contributed by atoms with van der Waals surface area (Å²) < 4.78 is 0. The fraction of sp³-hybridized carbons (Fsp3) is 0.417. The maximum atomic E-state index is 11.6. The smallest absolute Gasteiger partial charge is 0.223 e. The molecule has 2 atom stereocenters. The Balaban J connectivity index is 2.33. The highest BCUT2D eigenvalue weighted by Crippen LogP contribution is 2.31. The molecule has 0 bridgehead atoms. The van der Waals surface area contributed by atoms with Gasteiger partial charge in [-0.1, -0.05) is 12.1 Å². The van der Waals surface area contributed by atoms with Crippen molar-refractivity contribution in [2.45, 2.75) is 25.0 Å². The molecular formula is C12H16N2O2. The molecule has 1 aliphatic heterocycles. The third-order valence-electron chi connectivity index (χ3n) is 3.08. The van der Waals surface area contributed by atoms with Crippen LogP contribution in [-0.2, 0) is 4.79 Å². The van der Waals surface area contributed by atoms with E-state index in [9.17, 15) is 9.90 Å². The van der Waals surface area contributed by atoms with Crippen LogP contribution in [0.25, 0.3) is 0 Å². The summed E-state index contributed by atoms with van der Waals surface area (Å²) in [5.41, 5.74) is 7.25. The summed E-state index contributed by atoms with van der Waals surface area (Å²) in [5.74, 6) is 0.0673. The molecule has 4 nitrogen and oxygen atoms in total. The first kappa shape index (κ1) is 11.0. The van der Waals surface area contributed by atoms with E-state index in [0.717, 1.165) is 5.56 Å². The highest BCUT2D eigenvalue weighted by Gasteiger charge is 2.33. The van der Waals surface area contributed by atoms with Crippen molar-refractivity contribution < 1.29 is 9.90 Å². The summed E-state index contributed by atoms with van der Waals surface area (Å²) in [5, 5.41) is 9.97. The van der Waals surface area contributed by atoms with E-state index in [2.05, 4.69) is 0 Å². The third kappa shape index (κ3) is 1.88. The van der Waals surface area contributed by atoms with Gasteiger partial charge in [-0.15, -0.1) is 0 Å². The van der Waals surface area contributed by atoms with E-state index in [-0.39, 0.29) is 11.9 Å². The zero-order valence-electron chi connectivity index (χ0n) is 9.26. The largest absolute Gasteiger partial charge is 0.399 e. The number of hydrogen-bond donors (Lipinski definition) is 2. The van der Waals surface area contributed by atoms with Crippen molar-refractivity contribution in [3.05, 3.63) is 29.8 Å². The van der Waals surface area contributed by atoms with Crippen LogP contribution in [0.4, 0.5) is 5.69 Å². The van der Waals surface area contributed by atoms with E-state index in [4.69, 9.17) is 5.73 Å². The number of amides is 1. The average molecular weight is 220 g/mol. The third-order valence-corrected chi connectivity index (χ3v) is 3.08. The molecule has 0 aromatic heterocycles. The van der Waals surface area contributed by atoms with Crippen LogP contribution in [0.3, 0.4) is 0 Å². The number of anilines is 1. The maximum absolute atomic E-state index is 11.6. The summed E-state index contributed by atoms with van der Waals surface area (Å²) >= 11 is 0. The summed E-state index contributed by atoms with van der Waals surface area (Å²) in [6.07, 6.45) is 0.420. The molecule has 86 valence electrons.